The number of thiazole rings is 1. The first-order valence-electron chi connectivity index (χ1n) is 4.55. The third-order valence-electron chi connectivity index (χ3n) is 1.80. The zero-order valence-electron chi connectivity index (χ0n) is 8.54. The van der Waals surface area contributed by atoms with Gasteiger partial charge in [0.05, 0.1) is 6.04 Å². The van der Waals surface area contributed by atoms with Crippen molar-refractivity contribution in [2.75, 3.05) is 11.5 Å². The Hall–Kier alpha value is -0.310. The Morgan fingerprint density at radius 2 is 2.31 bits per heavy atom. The molecule has 3 nitrogen and oxygen atoms in total. The minimum absolute atomic E-state index is 0.279. The summed E-state index contributed by atoms with van der Waals surface area (Å²) in [6.07, 6.45) is -3.14. The van der Waals surface area contributed by atoms with Gasteiger partial charge < -0.3 is 0 Å². The number of halogens is 3. The maximum Gasteiger partial charge on any atom is 0.443 e. The topological polar surface area (TPSA) is 50.9 Å². The van der Waals surface area contributed by atoms with Crippen LogP contribution in [0.2, 0.25) is 0 Å². The standard InChI is InChI=1S/C8H12F3N3S2/c1-2-15-4-5(14-12)6-3-13-7(16-6)8(9,10)11/h3,5,14H,2,4,12H2,1H3. The second-order valence-corrected chi connectivity index (χ2v) is 5.33. The third kappa shape index (κ3) is 3.62. The zero-order valence-corrected chi connectivity index (χ0v) is 10.2. The van der Waals surface area contributed by atoms with Crippen molar-refractivity contribution in [1.82, 2.24) is 10.4 Å². The molecule has 0 amide bonds. The highest BCUT2D eigenvalue weighted by atomic mass is 32.2. The summed E-state index contributed by atoms with van der Waals surface area (Å²) in [6, 6.07) is -0.279. The highest BCUT2D eigenvalue weighted by Crippen LogP contribution is 2.34. The van der Waals surface area contributed by atoms with Crippen LogP contribution < -0.4 is 11.3 Å². The summed E-state index contributed by atoms with van der Waals surface area (Å²) < 4.78 is 36.9. The summed E-state index contributed by atoms with van der Waals surface area (Å²) in [5.74, 6) is 6.82. The average molecular weight is 271 g/mol. The van der Waals surface area contributed by atoms with Crippen molar-refractivity contribution in [2.24, 2.45) is 5.84 Å². The molecule has 1 rings (SSSR count). The van der Waals surface area contributed by atoms with Crippen molar-refractivity contribution in [3.63, 3.8) is 0 Å². The maximum absolute atomic E-state index is 12.3. The quantitative estimate of drug-likeness (QED) is 0.638. The van der Waals surface area contributed by atoms with Gasteiger partial charge in [-0.1, -0.05) is 6.92 Å². The molecule has 0 aliphatic rings. The van der Waals surface area contributed by atoms with Gasteiger partial charge in [0.25, 0.3) is 0 Å². The van der Waals surface area contributed by atoms with Gasteiger partial charge in [0.15, 0.2) is 5.01 Å². The molecule has 0 aromatic carbocycles. The first-order valence-corrected chi connectivity index (χ1v) is 6.53. The Kier molecular flexibility index (Phi) is 5.03. The molecule has 0 radical (unpaired) electrons. The lowest BCUT2D eigenvalue weighted by atomic mass is 10.3. The summed E-state index contributed by atoms with van der Waals surface area (Å²) in [7, 11) is 0. The van der Waals surface area contributed by atoms with Crippen LogP contribution in [0, 0.1) is 0 Å². The summed E-state index contributed by atoms with van der Waals surface area (Å²) >= 11 is 2.24. The molecular formula is C8H12F3N3S2. The fraction of sp³-hybridized carbons (Fsp3) is 0.625. The van der Waals surface area contributed by atoms with Crippen LogP contribution in [0.25, 0.3) is 0 Å². The molecule has 0 aliphatic carbocycles. The van der Waals surface area contributed by atoms with Crippen molar-refractivity contribution < 1.29 is 13.2 Å². The van der Waals surface area contributed by atoms with E-state index >= 15 is 0 Å². The molecule has 8 heteroatoms. The van der Waals surface area contributed by atoms with Crippen LogP contribution >= 0.6 is 23.1 Å². The number of hydrazine groups is 1. The van der Waals surface area contributed by atoms with Crippen LogP contribution in [0.1, 0.15) is 22.9 Å². The molecule has 0 bridgehead atoms. The predicted molar refractivity (Wildman–Crippen MR) is 60.2 cm³/mol. The molecule has 0 spiro atoms. The van der Waals surface area contributed by atoms with Crippen LogP contribution in [0.3, 0.4) is 0 Å². The number of rotatable bonds is 5. The molecule has 0 fully saturated rings. The first-order chi connectivity index (χ1) is 7.49. The summed E-state index contributed by atoms with van der Waals surface area (Å²) in [6.45, 7) is 1.98. The van der Waals surface area contributed by atoms with E-state index in [2.05, 4.69) is 10.4 Å². The van der Waals surface area contributed by atoms with Crippen LogP contribution in [-0.4, -0.2) is 16.5 Å². The molecule has 1 heterocycles. The van der Waals surface area contributed by atoms with Crippen LogP contribution in [0.5, 0.6) is 0 Å². The third-order valence-corrected chi connectivity index (χ3v) is 3.93. The Morgan fingerprint density at radius 1 is 1.62 bits per heavy atom. The first kappa shape index (κ1) is 13.8. The molecular weight excluding hydrogens is 259 g/mol. The van der Waals surface area contributed by atoms with E-state index in [9.17, 15) is 13.2 Å². The molecule has 1 aromatic rings. The summed E-state index contributed by atoms with van der Waals surface area (Å²) in [5, 5.41) is -0.829. The van der Waals surface area contributed by atoms with Crippen LogP contribution in [0.15, 0.2) is 6.20 Å². The van der Waals surface area contributed by atoms with Crippen molar-refractivity contribution in [3.05, 3.63) is 16.1 Å². The van der Waals surface area contributed by atoms with E-state index in [4.69, 9.17) is 5.84 Å². The van der Waals surface area contributed by atoms with Gasteiger partial charge in [-0.05, 0) is 5.75 Å². The van der Waals surface area contributed by atoms with Gasteiger partial charge in [0, 0.05) is 16.8 Å². The van der Waals surface area contributed by atoms with Gasteiger partial charge in [-0.25, -0.2) is 4.98 Å². The van der Waals surface area contributed by atoms with E-state index in [1.807, 2.05) is 6.92 Å². The monoisotopic (exact) mass is 271 g/mol. The van der Waals surface area contributed by atoms with Gasteiger partial charge in [0.2, 0.25) is 0 Å². The van der Waals surface area contributed by atoms with Crippen molar-refractivity contribution in [1.29, 1.82) is 0 Å². The molecule has 0 aliphatic heterocycles. The minimum Gasteiger partial charge on any atom is -0.271 e. The second kappa shape index (κ2) is 5.85. The molecule has 1 unspecified atom stereocenters. The fourth-order valence-electron chi connectivity index (χ4n) is 1.03. The Balaban J connectivity index is 2.75. The molecule has 16 heavy (non-hydrogen) atoms. The summed E-state index contributed by atoms with van der Waals surface area (Å²) in [5.41, 5.74) is 2.50. The largest absolute Gasteiger partial charge is 0.443 e. The van der Waals surface area contributed by atoms with Gasteiger partial charge in [-0.2, -0.15) is 24.9 Å². The predicted octanol–water partition coefficient (Wildman–Crippen LogP) is 2.42. The molecule has 3 N–H and O–H groups in total. The number of hydrogen-bond donors (Lipinski definition) is 2. The normalized spacial score (nSPS) is 14.1. The fourth-order valence-corrected chi connectivity index (χ4v) is 2.72. The molecule has 1 aromatic heterocycles. The maximum atomic E-state index is 12.3. The van der Waals surface area contributed by atoms with E-state index in [0.717, 1.165) is 5.75 Å². The van der Waals surface area contributed by atoms with E-state index in [0.29, 0.717) is 22.0 Å². The van der Waals surface area contributed by atoms with Crippen molar-refractivity contribution >= 4 is 23.1 Å². The van der Waals surface area contributed by atoms with E-state index < -0.39 is 11.2 Å². The van der Waals surface area contributed by atoms with Crippen molar-refractivity contribution in [2.45, 2.75) is 19.1 Å². The SMILES string of the molecule is CCSCC(NN)c1cnc(C(F)(F)F)s1. The molecule has 1 atom stereocenters. The Bertz CT molecular complexity index is 327. The number of nitrogens with one attached hydrogen (secondary N) is 1. The second-order valence-electron chi connectivity index (χ2n) is 2.94. The van der Waals surface area contributed by atoms with E-state index in [1.165, 1.54) is 6.20 Å². The lowest BCUT2D eigenvalue weighted by Crippen LogP contribution is -2.29. The number of nitrogens with two attached hydrogens (primary N) is 1. The van der Waals surface area contributed by atoms with E-state index in [1.54, 1.807) is 11.8 Å². The number of hydrogen-bond acceptors (Lipinski definition) is 5. The molecule has 0 saturated heterocycles. The van der Waals surface area contributed by atoms with Crippen molar-refractivity contribution in [3.8, 4) is 0 Å². The number of thioether (sulfide) groups is 1. The smallest absolute Gasteiger partial charge is 0.271 e. The lowest BCUT2D eigenvalue weighted by Gasteiger charge is -2.12. The summed E-state index contributed by atoms with van der Waals surface area (Å²) in [4.78, 5) is 3.86. The van der Waals surface area contributed by atoms with Gasteiger partial charge in [0.1, 0.15) is 0 Å². The molecule has 0 saturated carbocycles. The minimum atomic E-state index is -4.38. The number of aromatic nitrogens is 1. The number of nitrogens with zero attached hydrogens (tertiary/aromatic N) is 1. The van der Waals surface area contributed by atoms with E-state index in [-0.39, 0.29) is 6.04 Å². The zero-order chi connectivity index (χ0) is 12.2. The Morgan fingerprint density at radius 3 is 2.75 bits per heavy atom. The number of alkyl halides is 3. The van der Waals surface area contributed by atoms with Gasteiger partial charge >= 0.3 is 6.18 Å². The van der Waals surface area contributed by atoms with Gasteiger partial charge in [-0.3, -0.25) is 11.3 Å². The highest BCUT2D eigenvalue weighted by Gasteiger charge is 2.35. The van der Waals surface area contributed by atoms with Crippen LogP contribution in [-0.2, 0) is 6.18 Å². The van der Waals surface area contributed by atoms with Crippen LogP contribution in [0.4, 0.5) is 13.2 Å². The highest BCUT2D eigenvalue weighted by molar-refractivity contribution is 7.99. The Labute approximate surface area is 99.6 Å². The molecule has 92 valence electrons. The average Bonchev–Trinajstić information content (AvgIpc) is 2.68. The van der Waals surface area contributed by atoms with Gasteiger partial charge in [-0.15, -0.1) is 11.3 Å². The lowest BCUT2D eigenvalue weighted by molar-refractivity contribution is -0.137.